The van der Waals surface area contributed by atoms with Crippen LogP contribution >= 0.6 is 0 Å². The van der Waals surface area contributed by atoms with E-state index in [9.17, 15) is 4.79 Å². The van der Waals surface area contributed by atoms with Crippen LogP contribution in [-0.4, -0.2) is 55.3 Å². The number of carbonyl (C=O) groups is 1. The second-order valence-corrected chi connectivity index (χ2v) is 6.42. The molecule has 2 rings (SSSR count). The predicted octanol–water partition coefficient (Wildman–Crippen LogP) is -1.44. The van der Waals surface area contributed by atoms with Crippen molar-refractivity contribution >= 4 is 5.91 Å². The lowest BCUT2D eigenvalue weighted by Crippen LogP contribution is -3.00. The van der Waals surface area contributed by atoms with Crippen LogP contribution in [0.3, 0.4) is 0 Å². The normalized spacial score (nSPS) is 26.3. The number of hydroxylamine groups is 2. The Labute approximate surface area is 127 Å². The van der Waals surface area contributed by atoms with Crippen LogP contribution in [-0.2, 0) is 9.63 Å². The molecule has 1 unspecified atom stereocenters. The summed E-state index contributed by atoms with van der Waals surface area (Å²) in [6.45, 7) is 0.898. The Balaban J connectivity index is 0.00000162. The second kappa shape index (κ2) is 6.52. The minimum absolute atomic E-state index is 0. The van der Waals surface area contributed by atoms with Gasteiger partial charge >= 0.3 is 0 Å². The maximum absolute atomic E-state index is 12.0. The predicted molar refractivity (Wildman–Crippen MR) is 66.1 cm³/mol. The molecule has 1 heterocycles. The zero-order chi connectivity index (χ0) is 12.5. The van der Waals surface area contributed by atoms with Gasteiger partial charge in [-0.2, -0.15) is 0 Å². The highest BCUT2D eigenvalue weighted by Gasteiger charge is 2.38. The van der Waals surface area contributed by atoms with Crippen molar-refractivity contribution < 1.29 is 38.1 Å². The fourth-order valence-corrected chi connectivity index (χ4v) is 2.86. The van der Waals surface area contributed by atoms with E-state index in [0.29, 0.717) is 12.5 Å². The number of likely N-dealkylation sites (N-methyl/N-ethyl adjacent to an activating group) is 1. The highest BCUT2D eigenvalue weighted by Crippen LogP contribution is 2.28. The molecule has 0 aromatic rings. The average molecular weight is 368 g/mol. The zero-order valence-electron chi connectivity index (χ0n) is 11.7. The SMILES string of the molecule is C[N+](C)(C)CC1CC(=O)N(C2CCCCC2)O1.[I-]. The van der Waals surface area contributed by atoms with Crippen LogP contribution in [0.4, 0.5) is 0 Å². The van der Waals surface area contributed by atoms with Crippen LogP contribution in [0.2, 0.25) is 0 Å². The zero-order valence-corrected chi connectivity index (χ0v) is 13.9. The van der Waals surface area contributed by atoms with Crippen molar-refractivity contribution in [3.05, 3.63) is 0 Å². The van der Waals surface area contributed by atoms with Gasteiger partial charge in [-0.1, -0.05) is 19.3 Å². The third-order valence-corrected chi connectivity index (χ3v) is 3.57. The Morgan fingerprint density at radius 1 is 1.22 bits per heavy atom. The summed E-state index contributed by atoms with van der Waals surface area (Å²) in [6, 6.07) is 0.341. The Hall–Kier alpha value is 0.120. The standard InChI is InChI=1S/C13H25N2O2.HI/c1-15(2,3)10-12-9-13(16)14(17-12)11-7-5-4-6-8-11;/h11-12H,4-10H2,1-3H3;1H/q+1;/p-1. The van der Waals surface area contributed by atoms with Gasteiger partial charge in [0.15, 0.2) is 0 Å². The van der Waals surface area contributed by atoms with Crippen molar-refractivity contribution in [2.75, 3.05) is 27.7 Å². The van der Waals surface area contributed by atoms with E-state index in [-0.39, 0.29) is 36.0 Å². The number of hydrogen-bond donors (Lipinski definition) is 0. The maximum Gasteiger partial charge on any atom is 0.249 e. The Morgan fingerprint density at radius 2 is 1.83 bits per heavy atom. The van der Waals surface area contributed by atoms with E-state index in [1.165, 1.54) is 19.3 Å². The van der Waals surface area contributed by atoms with Gasteiger partial charge in [0.2, 0.25) is 5.91 Å². The Morgan fingerprint density at radius 3 is 2.39 bits per heavy atom. The molecular weight excluding hydrogens is 343 g/mol. The molecule has 0 N–H and O–H groups in total. The third kappa shape index (κ3) is 4.35. The lowest BCUT2D eigenvalue weighted by atomic mass is 9.95. The van der Waals surface area contributed by atoms with E-state index in [1.54, 1.807) is 5.06 Å². The van der Waals surface area contributed by atoms with E-state index in [4.69, 9.17) is 4.84 Å². The first kappa shape index (κ1) is 16.2. The summed E-state index contributed by atoms with van der Waals surface area (Å²) in [7, 11) is 6.41. The smallest absolute Gasteiger partial charge is 0.249 e. The fraction of sp³-hybridized carbons (Fsp3) is 0.923. The molecule has 0 aromatic carbocycles. The molecule has 1 atom stereocenters. The molecule has 1 amide bonds. The van der Waals surface area contributed by atoms with Crippen molar-refractivity contribution in [1.29, 1.82) is 0 Å². The molecule has 2 aliphatic rings. The summed E-state index contributed by atoms with van der Waals surface area (Å²) in [5.74, 6) is 0.190. The molecule has 106 valence electrons. The molecule has 1 aliphatic carbocycles. The highest BCUT2D eigenvalue weighted by molar-refractivity contribution is 5.77. The van der Waals surface area contributed by atoms with Gasteiger partial charge in [-0.05, 0) is 12.8 Å². The van der Waals surface area contributed by atoms with Gasteiger partial charge in [0.05, 0.1) is 33.6 Å². The van der Waals surface area contributed by atoms with Crippen LogP contribution in [0.1, 0.15) is 38.5 Å². The molecule has 0 spiro atoms. The van der Waals surface area contributed by atoms with Gasteiger partial charge in [-0.15, -0.1) is 0 Å². The van der Waals surface area contributed by atoms with Gasteiger partial charge in [0.25, 0.3) is 0 Å². The first-order valence-electron chi connectivity index (χ1n) is 6.75. The first-order valence-corrected chi connectivity index (χ1v) is 6.75. The van der Waals surface area contributed by atoms with Gasteiger partial charge in [0, 0.05) is 0 Å². The number of carbonyl (C=O) groups excluding carboxylic acids is 1. The number of amides is 1. The minimum Gasteiger partial charge on any atom is -1.00 e. The molecule has 1 saturated carbocycles. The molecule has 1 saturated heterocycles. The molecule has 5 heteroatoms. The van der Waals surface area contributed by atoms with Crippen molar-refractivity contribution in [3.8, 4) is 0 Å². The van der Waals surface area contributed by atoms with Crippen LogP contribution in [0.5, 0.6) is 0 Å². The number of hydrogen-bond acceptors (Lipinski definition) is 2. The molecule has 4 nitrogen and oxygen atoms in total. The second-order valence-electron chi connectivity index (χ2n) is 6.42. The van der Waals surface area contributed by atoms with Crippen molar-refractivity contribution in [3.63, 3.8) is 0 Å². The quantitative estimate of drug-likeness (QED) is 0.451. The van der Waals surface area contributed by atoms with Gasteiger partial charge in [0.1, 0.15) is 12.6 Å². The summed E-state index contributed by atoms with van der Waals surface area (Å²) < 4.78 is 0.844. The number of rotatable bonds is 3. The third-order valence-electron chi connectivity index (χ3n) is 3.57. The van der Waals surface area contributed by atoms with Gasteiger partial charge < -0.3 is 28.5 Å². The van der Waals surface area contributed by atoms with Gasteiger partial charge in [-0.3, -0.25) is 9.63 Å². The summed E-state index contributed by atoms with van der Waals surface area (Å²) in [6.07, 6.45) is 6.64. The molecule has 2 fully saturated rings. The number of nitrogens with zero attached hydrogens (tertiary/aromatic N) is 2. The Kier molecular flexibility index (Phi) is 5.86. The largest absolute Gasteiger partial charge is 1.00 e. The average Bonchev–Trinajstić information content (AvgIpc) is 2.58. The van der Waals surface area contributed by atoms with E-state index >= 15 is 0 Å². The molecule has 0 bridgehead atoms. The summed E-state index contributed by atoms with van der Waals surface area (Å²) in [4.78, 5) is 17.8. The number of quaternary nitrogens is 1. The van der Waals surface area contributed by atoms with E-state index < -0.39 is 0 Å². The van der Waals surface area contributed by atoms with Crippen LogP contribution < -0.4 is 24.0 Å². The molecular formula is C13H25IN2O2. The lowest BCUT2D eigenvalue weighted by molar-refractivity contribution is -0.873. The molecule has 0 aromatic heterocycles. The van der Waals surface area contributed by atoms with Crippen molar-refractivity contribution in [1.82, 2.24) is 5.06 Å². The van der Waals surface area contributed by atoms with E-state index in [2.05, 4.69) is 21.1 Å². The summed E-state index contributed by atoms with van der Waals surface area (Å²) in [5, 5.41) is 1.69. The van der Waals surface area contributed by atoms with Crippen LogP contribution in [0, 0.1) is 0 Å². The molecule has 18 heavy (non-hydrogen) atoms. The molecule has 0 radical (unpaired) electrons. The summed E-state index contributed by atoms with van der Waals surface area (Å²) in [5.41, 5.74) is 0. The number of halogens is 1. The van der Waals surface area contributed by atoms with Crippen LogP contribution in [0.15, 0.2) is 0 Å². The van der Waals surface area contributed by atoms with Gasteiger partial charge in [-0.25, -0.2) is 5.06 Å². The Bertz CT molecular complexity index is 285. The minimum atomic E-state index is 0. The van der Waals surface area contributed by atoms with E-state index in [1.807, 2.05) is 0 Å². The fourth-order valence-electron chi connectivity index (χ4n) is 2.86. The van der Waals surface area contributed by atoms with Crippen LogP contribution in [0.25, 0.3) is 0 Å². The maximum atomic E-state index is 12.0. The summed E-state index contributed by atoms with van der Waals surface area (Å²) >= 11 is 0. The van der Waals surface area contributed by atoms with E-state index in [0.717, 1.165) is 23.9 Å². The lowest BCUT2D eigenvalue weighted by Gasteiger charge is -2.31. The van der Waals surface area contributed by atoms with Crippen molar-refractivity contribution in [2.45, 2.75) is 50.7 Å². The highest BCUT2D eigenvalue weighted by atomic mass is 127. The monoisotopic (exact) mass is 368 g/mol. The topological polar surface area (TPSA) is 29.5 Å². The van der Waals surface area contributed by atoms with Crippen molar-refractivity contribution in [2.24, 2.45) is 0 Å². The first-order chi connectivity index (χ1) is 7.96. The molecule has 1 aliphatic heterocycles.